The molecule has 2 heterocycles. The van der Waals surface area contributed by atoms with Crippen LogP contribution in [0.25, 0.3) is 0 Å². The molecule has 0 saturated carbocycles. The predicted molar refractivity (Wildman–Crippen MR) is 84.7 cm³/mol. The summed E-state index contributed by atoms with van der Waals surface area (Å²) in [7, 11) is 0. The van der Waals surface area contributed by atoms with Crippen molar-refractivity contribution in [2.24, 2.45) is 0 Å². The number of aryl methyl sites for hydroxylation is 1. The van der Waals surface area contributed by atoms with Crippen LogP contribution in [0.15, 0.2) is 36.4 Å². The lowest BCUT2D eigenvalue weighted by molar-refractivity contribution is 0.0987. The van der Waals surface area contributed by atoms with Crippen molar-refractivity contribution in [3.8, 4) is 0 Å². The van der Waals surface area contributed by atoms with E-state index in [4.69, 9.17) is 17.3 Å². The summed E-state index contributed by atoms with van der Waals surface area (Å²) >= 11 is 5.90. The lowest BCUT2D eigenvalue weighted by Crippen LogP contribution is -2.31. The molecule has 4 nitrogen and oxygen atoms in total. The van der Waals surface area contributed by atoms with E-state index in [0.717, 1.165) is 24.9 Å². The van der Waals surface area contributed by atoms with Crippen molar-refractivity contribution in [3.05, 3.63) is 52.7 Å². The summed E-state index contributed by atoms with van der Waals surface area (Å²) in [4.78, 5) is 18.5. The Balaban J connectivity index is 2.01. The number of anilines is 2. The third-order valence-corrected chi connectivity index (χ3v) is 3.86. The molecule has 0 radical (unpaired) electrons. The summed E-state index contributed by atoms with van der Waals surface area (Å²) in [5, 5.41) is 0.237. The fourth-order valence-corrected chi connectivity index (χ4v) is 2.91. The molecule has 2 aromatic rings. The Kier molecular flexibility index (Phi) is 3.80. The van der Waals surface area contributed by atoms with Gasteiger partial charge in [0.2, 0.25) is 0 Å². The molecule has 1 aliphatic heterocycles. The van der Waals surface area contributed by atoms with E-state index < -0.39 is 0 Å². The van der Waals surface area contributed by atoms with Crippen LogP contribution in [0.1, 0.15) is 28.8 Å². The van der Waals surface area contributed by atoms with Gasteiger partial charge in [-0.2, -0.15) is 0 Å². The van der Waals surface area contributed by atoms with E-state index >= 15 is 0 Å². The van der Waals surface area contributed by atoms with Gasteiger partial charge >= 0.3 is 0 Å². The zero-order valence-electron chi connectivity index (χ0n) is 11.6. The fourth-order valence-electron chi connectivity index (χ4n) is 2.70. The van der Waals surface area contributed by atoms with Gasteiger partial charge in [0, 0.05) is 17.8 Å². The van der Waals surface area contributed by atoms with Gasteiger partial charge in [0.15, 0.2) is 0 Å². The third-order valence-electron chi connectivity index (χ3n) is 3.67. The average molecular weight is 302 g/mol. The van der Waals surface area contributed by atoms with Crippen molar-refractivity contribution in [1.82, 2.24) is 4.98 Å². The third kappa shape index (κ3) is 2.85. The number of carbonyl (C=O) groups is 1. The van der Waals surface area contributed by atoms with Crippen molar-refractivity contribution in [1.29, 1.82) is 0 Å². The molecule has 0 fully saturated rings. The van der Waals surface area contributed by atoms with E-state index in [9.17, 15) is 4.79 Å². The summed E-state index contributed by atoms with van der Waals surface area (Å²) in [6.45, 7) is 0.704. The van der Waals surface area contributed by atoms with Crippen molar-refractivity contribution in [3.63, 3.8) is 0 Å². The molecule has 0 spiro atoms. The molecule has 0 atom stereocenters. The van der Waals surface area contributed by atoms with Crippen LogP contribution >= 0.6 is 11.6 Å². The maximum absolute atomic E-state index is 12.8. The molecule has 5 heteroatoms. The highest BCUT2D eigenvalue weighted by Gasteiger charge is 2.22. The molecule has 21 heavy (non-hydrogen) atoms. The SMILES string of the molecule is Nc1cc(C(=O)N2CCCCc3ccccc32)cc(Cl)n1. The normalized spacial score (nSPS) is 14.4. The number of aromatic nitrogens is 1. The summed E-state index contributed by atoms with van der Waals surface area (Å²) < 4.78 is 0. The molecule has 0 bridgehead atoms. The van der Waals surface area contributed by atoms with Crippen LogP contribution in [0.4, 0.5) is 11.5 Å². The fraction of sp³-hybridized carbons (Fsp3) is 0.250. The zero-order chi connectivity index (χ0) is 14.8. The smallest absolute Gasteiger partial charge is 0.258 e. The minimum absolute atomic E-state index is 0.0830. The minimum Gasteiger partial charge on any atom is -0.384 e. The van der Waals surface area contributed by atoms with Crippen LogP contribution in [0.2, 0.25) is 5.15 Å². The summed E-state index contributed by atoms with van der Waals surface area (Å²) in [6, 6.07) is 11.2. The number of nitrogens with zero attached hydrogens (tertiary/aromatic N) is 2. The number of amides is 1. The van der Waals surface area contributed by atoms with E-state index in [1.807, 2.05) is 23.1 Å². The second-order valence-corrected chi connectivity index (χ2v) is 5.53. The molecule has 0 aliphatic carbocycles. The Labute approximate surface area is 128 Å². The maximum atomic E-state index is 12.8. The predicted octanol–water partition coefficient (Wildman–Crippen LogP) is 3.30. The lowest BCUT2D eigenvalue weighted by Gasteiger charge is -2.23. The highest BCUT2D eigenvalue weighted by molar-refractivity contribution is 6.30. The van der Waals surface area contributed by atoms with E-state index in [1.165, 1.54) is 5.56 Å². The van der Waals surface area contributed by atoms with Crippen molar-refractivity contribution in [2.45, 2.75) is 19.3 Å². The van der Waals surface area contributed by atoms with Crippen LogP contribution in [0.5, 0.6) is 0 Å². The number of rotatable bonds is 1. The number of nitrogen functional groups attached to an aromatic ring is 1. The summed E-state index contributed by atoms with van der Waals surface area (Å²) in [5.74, 6) is 0.175. The Morgan fingerprint density at radius 1 is 1.24 bits per heavy atom. The van der Waals surface area contributed by atoms with Crippen LogP contribution in [-0.2, 0) is 6.42 Å². The number of para-hydroxylation sites is 1. The number of hydrogen-bond acceptors (Lipinski definition) is 3. The molecule has 0 saturated heterocycles. The van der Waals surface area contributed by atoms with Gasteiger partial charge < -0.3 is 10.6 Å². The molecule has 108 valence electrons. The van der Waals surface area contributed by atoms with E-state index in [2.05, 4.69) is 11.1 Å². The Hall–Kier alpha value is -2.07. The zero-order valence-corrected chi connectivity index (χ0v) is 12.3. The molecule has 1 aliphatic rings. The van der Waals surface area contributed by atoms with Gasteiger partial charge in [-0.3, -0.25) is 4.79 Å². The topological polar surface area (TPSA) is 59.2 Å². The van der Waals surface area contributed by atoms with Gasteiger partial charge in [0.1, 0.15) is 11.0 Å². The van der Waals surface area contributed by atoms with Crippen molar-refractivity contribution in [2.75, 3.05) is 17.2 Å². The standard InChI is InChI=1S/C16H16ClN3O/c17-14-9-12(10-15(18)19-14)16(21)20-8-4-3-6-11-5-1-2-7-13(11)20/h1-2,5,7,9-10H,3-4,6,8H2,(H2,18,19). The lowest BCUT2D eigenvalue weighted by atomic mass is 10.1. The molecular formula is C16H16ClN3O. The number of benzene rings is 1. The summed E-state index contributed by atoms with van der Waals surface area (Å²) in [5.41, 5.74) is 8.35. The number of carbonyl (C=O) groups excluding carboxylic acids is 1. The quantitative estimate of drug-likeness (QED) is 0.822. The molecule has 1 aromatic heterocycles. The monoisotopic (exact) mass is 301 g/mol. The van der Waals surface area contributed by atoms with Gasteiger partial charge in [-0.05, 0) is 43.0 Å². The number of fused-ring (bicyclic) bond motifs is 1. The number of halogens is 1. The van der Waals surface area contributed by atoms with Gasteiger partial charge in [0.25, 0.3) is 5.91 Å². The molecule has 0 unspecified atom stereocenters. The molecule has 2 N–H and O–H groups in total. The first-order valence-electron chi connectivity index (χ1n) is 6.98. The highest BCUT2D eigenvalue weighted by atomic mass is 35.5. The van der Waals surface area contributed by atoms with Gasteiger partial charge in [-0.25, -0.2) is 4.98 Å². The first-order valence-corrected chi connectivity index (χ1v) is 7.36. The van der Waals surface area contributed by atoms with E-state index in [0.29, 0.717) is 12.1 Å². The second-order valence-electron chi connectivity index (χ2n) is 5.15. The number of hydrogen-bond donors (Lipinski definition) is 1. The number of nitrogens with two attached hydrogens (primary N) is 1. The molecular weight excluding hydrogens is 286 g/mol. The number of pyridine rings is 1. The molecule has 1 amide bonds. The average Bonchev–Trinajstić information content (AvgIpc) is 2.68. The van der Waals surface area contributed by atoms with E-state index in [-0.39, 0.29) is 16.9 Å². The first kappa shape index (κ1) is 13.9. The Morgan fingerprint density at radius 3 is 2.86 bits per heavy atom. The maximum Gasteiger partial charge on any atom is 0.258 e. The first-order chi connectivity index (χ1) is 10.1. The summed E-state index contributed by atoms with van der Waals surface area (Å²) in [6.07, 6.45) is 3.06. The molecule has 1 aromatic carbocycles. The largest absolute Gasteiger partial charge is 0.384 e. The minimum atomic E-state index is -0.0830. The van der Waals surface area contributed by atoms with Gasteiger partial charge in [-0.1, -0.05) is 29.8 Å². The van der Waals surface area contributed by atoms with E-state index in [1.54, 1.807) is 12.1 Å². The van der Waals surface area contributed by atoms with Crippen molar-refractivity contribution >= 4 is 29.0 Å². The van der Waals surface area contributed by atoms with Gasteiger partial charge in [0.05, 0.1) is 0 Å². The second kappa shape index (κ2) is 5.74. The Morgan fingerprint density at radius 2 is 2.05 bits per heavy atom. The molecule has 3 rings (SSSR count). The van der Waals surface area contributed by atoms with Crippen LogP contribution in [0, 0.1) is 0 Å². The highest BCUT2D eigenvalue weighted by Crippen LogP contribution is 2.28. The van der Waals surface area contributed by atoms with Gasteiger partial charge in [-0.15, -0.1) is 0 Å². The van der Waals surface area contributed by atoms with Crippen LogP contribution in [-0.4, -0.2) is 17.4 Å². The van der Waals surface area contributed by atoms with Crippen molar-refractivity contribution < 1.29 is 4.79 Å². The van der Waals surface area contributed by atoms with Crippen LogP contribution < -0.4 is 10.6 Å². The Bertz CT molecular complexity index is 667. The van der Waals surface area contributed by atoms with Crippen LogP contribution in [0.3, 0.4) is 0 Å².